The quantitative estimate of drug-likeness (QED) is 0.733. The Morgan fingerprint density at radius 3 is 2.53 bits per heavy atom. The van der Waals surface area contributed by atoms with E-state index < -0.39 is 0 Å². The van der Waals surface area contributed by atoms with Gasteiger partial charge in [-0.1, -0.05) is 13.8 Å². The molecule has 4 heteroatoms. The maximum atomic E-state index is 10.6. The molecule has 0 spiro atoms. The lowest BCUT2D eigenvalue weighted by atomic mass is 9.96. The van der Waals surface area contributed by atoms with Gasteiger partial charge in [0, 0.05) is 6.61 Å². The number of aromatic nitrogens is 2. The number of nitrogens with zero attached hydrogens (tertiary/aromatic N) is 1. The molecule has 0 unspecified atom stereocenters. The molecule has 0 aliphatic heterocycles. The molecule has 15 heavy (non-hydrogen) atoms. The van der Waals surface area contributed by atoms with Crippen molar-refractivity contribution in [3.05, 3.63) is 17.7 Å². The Kier molecular flexibility index (Phi) is 4.03. The van der Waals surface area contributed by atoms with E-state index in [0.29, 0.717) is 12.3 Å². The van der Waals surface area contributed by atoms with E-state index in [9.17, 15) is 4.79 Å². The normalized spacial score (nSPS) is 11.7. The summed E-state index contributed by atoms with van der Waals surface area (Å²) in [6, 6.07) is 0. The highest BCUT2D eigenvalue weighted by molar-refractivity contribution is 5.71. The van der Waals surface area contributed by atoms with E-state index in [1.807, 2.05) is 6.92 Å². The van der Waals surface area contributed by atoms with Crippen LogP contribution < -0.4 is 0 Å². The molecule has 0 fully saturated rings. The lowest BCUT2D eigenvalue weighted by molar-refractivity contribution is -0.0566. The Morgan fingerprint density at radius 2 is 2.13 bits per heavy atom. The molecule has 0 aliphatic carbocycles. The van der Waals surface area contributed by atoms with Crippen molar-refractivity contribution in [3.8, 4) is 0 Å². The summed E-state index contributed by atoms with van der Waals surface area (Å²) in [5, 5.41) is 0. The third-order valence-corrected chi connectivity index (χ3v) is 2.72. The Morgan fingerprint density at radius 1 is 1.47 bits per heavy atom. The summed E-state index contributed by atoms with van der Waals surface area (Å²) in [6.07, 6.45) is 3.98. The lowest BCUT2D eigenvalue weighted by Crippen LogP contribution is -2.29. The van der Waals surface area contributed by atoms with E-state index in [2.05, 4.69) is 23.8 Å². The molecule has 84 valence electrons. The number of H-pyrrole nitrogens is 1. The van der Waals surface area contributed by atoms with Crippen LogP contribution in [0.5, 0.6) is 0 Å². The molecule has 1 rings (SSSR count). The second kappa shape index (κ2) is 5.07. The molecule has 1 aromatic heterocycles. The summed E-state index contributed by atoms with van der Waals surface area (Å²) in [6.45, 7) is 6.72. The van der Waals surface area contributed by atoms with Crippen molar-refractivity contribution in [2.24, 2.45) is 0 Å². The van der Waals surface area contributed by atoms with Gasteiger partial charge in [0.15, 0.2) is 6.29 Å². The fraction of sp³-hybridized carbons (Fsp3) is 0.636. The highest BCUT2D eigenvalue weighted by atomic mass is 16.5. The lowest BCUT2D eigenvalue weighted by Gasteiger charge is -2.29. The van der Waals surface area contributed by atoms with Crippen LogP contribution in [0, 0.1) is 0 Å². The van der Waals surface area contributed by atoms with Crippen LogP contribution in [0.2, 0.25) is 0 Å². The van der Waals surface area contributed by atoms with E-state index in [0.717, 1.165) is 25.0 Å². The van der Waals surface area contributed by atoms with Gasteiger partial charge in [-0.15, -0.1) is 0 Å². The molecule has 1 heterocycles. The molecule has 1 N–H and O–H groups in total. The van der Waals surface area contributed by atoms with Crippen LogP contribution in [0.1, 0.15) is 49.9 Å². The topological polar surface area (TPSA) is 55.0 Å². The van der Waals surface area contributed by atoms with Gasteiger partial charge in [-0.3, -0.25) is 4.79 Å². The van der Waals surface area contributed by atoms with Crippen LogP contribution in [-0.4, -0.2) is 22.9 Å². The molecule has 0 aromatic carbocycles. The van der Waals surface area contributed by atoms with Crippen molar-refractivity contribution in [1.82, 2.24) is 9.97 Å². The van der Waals surface area contributed by atoms with Crippen molar-refractivity contribution < 1.29 is 9.53 Å². The smallest absolute Gasteiger partial charge is 0.167 e. The Hall–Kier alpha value is -1.16. The second-order valence-electron chi connectivity index (χ2n) is 3.44. The van der Waals surface area contributed by atoms with E-state index in [4.69, 9.17) is 4.74 Å². The van der Waals surface area contributed by atoms with Crippen LogP contribution in [0.15, 0.2) is 6.20 Å². The SMILES string of the molecule is CCOC(CC)(CC)c1ncc(C=O)[nH]1. The van der Waals surface area contributed by atoms with Gasteiger partial charge in [0.1, 0.15) is 11.4 Å². The van der Waals surface area contributed by atoms with Crippen LogP contribution in [0.3, 0.4) is 0 Å². The minimum Gasteiger partial charge on any atom is -0.367 e. The molecular weight excluding hydrogens is 192 g/mol. The maximum absolute atomic E-state index is 10.6. The Labute approximate surface area is 90.1 Å². The Balaban J connectivity index is 3.01. The molecule has 0 aliphatic rings. The van der Waals surface area contributed by atoms with E-state index in [1.165, 1.54) is 0 Å². The van der Waals surface area contributed by atoms with Crippen LogP contribution in [0.25, 0.3) is 0 Å². The monoisotopic (exact) mass is 210 g/mol. The number of ether oxygens (including phenoxy) is 1. The first-order chi connectivity index (χ1) is 7.22. The van der Waals surface area contributed by atoms with Crippen molar-refractivity contribution in [3.63, 3.8) is 0 Å². The molecule has 0 saturated carbocycles. The van der Waals surface area contributed by atoms with Crippen LogP contribution in [-0.2, 0) is 10.3 Å². The summed E-state index contributed by atoms with van der Waals surface area (Å²) in [5.41, 5.74) is 0.117. The van der Waals surface area contributed by atoms with Gasteiger partial charge in [-0.25, -0.2) is 4.98 Å². The number of carbonyl (C=O) groups excluding carboxylic acids is 1. The van der Waals surface area contributed by atoms with Crippen molar-refractivity contribution >= 4 is 6.29 Å². The highest BCUT2D eigenvalue weighted by Crippen LogP contribution is 2.30. The van der Waals surface area contributed by atoms with Gasteiger partial charge < -0.3 is 9.72 Å². The zero-order valence-corrected chi connectivity index (χ0v) is 9.54. The van der Waals surface area contributed by atoms with Crippen molar-refractivity contribution in [2.75, 3.05) is 6.61 Å². The Bertz CT molecular complexity index is 316. The molecule has 0 atom stereocenters. The number of hydrogen-bond acceptors (Lipinski definition) is 3. The molecule has 0 saturated heterocycles. The fourth-order valence-corrected chi connectivity index (χ4v) is 1.76. The zero-order chi connectivity index (χ0) is 11.3. The first kappa shape index (κ1) is 11.9. The summed E-state index contributed by atoms with van der Waals surface area (Å²) in [7, 11) is 0. The second-order valence-corrected chi connectivity index (χ2v) is 3.44. The minimum absolute atomic E-state index is 0.379. The number of nitrogens with one attached hydrogen (secondary N) is 1. The van der Waals surface area contributed by atoms with E-state index >= 15 is 0 Å². The highest BCUT2D eigenvalue weighted by Gasteiger charge is 2.31. The van der Waals surface area contributed by atoms with Gasteiger partial charge in [0.2, 0.25) is 0 Å². The predicted octanol–water partition coefficient (Wildman–Crippen LogP) is 2.27. The zero-order valence-electron chi connectivity index (χ0n) is 9.54. The van der Waals surface area contributed by atoms with E-state index in [1.54, 1.807) is 6.20 Å². The number of aromatic amines is 1. The van der Waals surface area contributed by atoms with Crippen molar-refractivity contribution in [2.45, 2.75) is 39.2 Å². The van der Waals surface area contributed by atoms with Gasteiger partial charge in [0.25, 0.3) is 0 Å². The fourth-order valence-electron chi connectivity index (χ4n) is 1.76. The number of imidazole rings is 1. The number of aldehydes is 1. The third-order valence-electron chi connectivity index (χ3n) is 2.72. The summed E-state index contributed by atoms with van der Waals surface area (Å²) < 4.78 is 5.76. The molecular formula is C11H18N2O2. The van der Waals surface area contributed by atoms with Gasteiger partial charge >= 0.3 is 0 Å². The average molecular weight is 210 g/mol. The third kappa shape index (κ3) is 2.26. The van der Waals surface area contributed by atoms with Crippen molar-refractivity contribution in [1.29, 1.82) is 0 Å². The van der Waals surface area contributed by atoms with Gasteiger partial charge in [0.05, 0.1) is 11.9 Å². The largest absolute Gasteiger partial charge is 0.367 e. The summed E-state index contributed by atoms with van der Waals surface area (Å²) in [5.74, 6) is 0.747. The van der Waals surface area contributed by atoms with Crippen LogP contribution in [0.4, 0.5) is 0 Å². The van der Waals surface area contributed by atoms with Gasteiger partial charge in [-0.05, 0) is 19.8 Å². The van der Waals surface area contributed by atoms with Gasteiger partial charge in [-0.2, -0.15) is 0 Å². The maximum Gasteiger partial charge on any atom is 0.167 e. The first-order valence-corrected chi connectivity index (χ1v) is 5.37. The summed E-state index contributed by atoms with van der Waals surface area (Å²) in [4.78, 5) is 17.8. The first-order valence-electron chi connectivity index (χ1n) is 5.37. The van der Waals surface area contributed by atoms with Crippen LogP contribution >= 0.6 is 0 Å². The number of carbonyl (C=O) groups is 1. The molecule has 0 bridgehead atoms. The minimum atomic E-state index is -0.379. The van der Waals surface area contributed by atoms with E-state index in [-0.39, 0.29) is 5.60 Å². The average Bonchev–Trinajstić information content (AvgIpc) is 2.75. The molecule has 0 amide bonds. The predicted molar refractivity (Wildman–Crippen MR) is 57.9 cm³/mol. The number of rotatable bonds is 6. The molecule has 0 radical (unpaired) electrons. The molecule has 4 nitrogen and oxygen atoms in total. The molecule has 1 aromatic rings. The number of hydrogen-bond donors (Lipinski definition) is 1. The summed E-state index contributed by atoms with van der Waals surface area (Å²) >= 11 is 0. The standard InChI is InChI=1S/C11H18N2O2/c1-4-11(5-2,15-6-3)10-12-7-9(8-14)13-10/h7-8H,4-6H2,1-3H3,(H,12,13).